The van der Waals surface area contributed by atoms with Crippen molar-refractivity contribution >= 4 is 0 Å². The molecule has 0 spiro atoms. The van der Waals surface area contributed by atoms with E-state index >= 15 is 0 Å². The summed E-state index contributed by atoms with van der Waals surface area (Å²) in [6.07, 6.45) is -18.4. The average Bonchev–Trinajstić information content (AvgIpc) is 3.72. The van der Waals surface area contributed by atoms with Crippen LogP contribution in [0.5, 0.6) is 0 Å². The summed E-state index contributed by atoms with van der Waals surface area (Å²) >= 11 is 0. The highest BCUT2D eigenvalue weighted by atomic mass is 16.7. The third-order valence-corrected chi connectivity index (χ3v) is 18.6. The molecule has 4 aliphatic carbocycles. The number of hydrogen-bond acceptors (Lipinski definition) is 20. The van der Waals surface area contributed by atoms with Crippen molar-refractivity contribution in [2.45, 2.75) is 202 Å². The standard InChI is InChI=1S/C46H78O20/c1-18(17-61-42-39(58)36(55)34(53)29(14-47)63-42)5-8-46(60)19(2)32-27(66-46)12-23-21-11-25(50)24-9-20(26(51)13-45(24,4)22(21)6-7-44(23,32)3)10-28-33(52)38(57)41(31(16-49)62-28)65-43-40(59)37(56)35(54)30(15-48)64-43/h18-43,47-60H,5-17H2,1-4H3/t18?,19?,20?,21?,22?,23?,24-,25?,26?,27?,28+,29+,30-,31-,32?,33+,34+,35-,36-,37+,38-,39+,40-,41+,42+,43+,44?,45?,46?/m1/s1. The van der Waals surface area contributed by atoms with Gasteiger partial charge in [-0.05, 0) is 104 Å². The van der Waals surface area contributed by atoms with Crippen LogP contribution in [0.3, 0.4) is 0 Å². The van der Waals surface area contributed by atoms with Crippen LogP contribution in [-0.4, -0.2) is 214 Å². The van der Waals surface area contributed by atoms with Crippen molar-refractivity contribution in [3.8, 4) is 0 Å². The van der Waals surface area contributed by atoms with Crippen LogP contribution in [0.1, 0.15) is 85.5 Å². The van der Waals surface area contributed by atoms with Gasteiger partial charge in [-0.3, -0.25) is 0 Å². The summed E-state index contributed by atoms with van der Waals surface area (Å²) < 4.78 is 35.2. The topological polar surface area (TPSA) is 339 Å². The Morgan fingerprint density at radius 1 is 0.636 bits per heavy atom. The first-order valence-electron chi connectivity index (χ1n) is 24.4. The third-order valence-electron chi connectivity index (χ3n) is 18.6. The van der Waals surface area contributed by atoms with Gasteiger partial charge in [0.05, 0.1) is 50.8 Å². The fourth-order valence-corrected chi connectivity index (χ4v) is 14.8. The summed E-state index contributed by atoms with van der Waals surface area (Å²) in [5.74, 6) is -1.53. The van der Waals surface area contributed by atoms with Crippen molar-refractivity contribution in [3.05, 3.63) is 0 Å². The van der Waals surface area contributed by atoms with Gasteiger partial charge in [-0.2, -0.15) is 0 Å². The quantitative estimate of drug-likeness (QED) is 0.0866. The van der Waals surface area contributed by atoms with E-state index < -0.39 is 141 Å². The van der Waals surface area contributed by atoms with E-state index in [0.29, 0.717) is 32.1 Å². The number of aliphatic hydroxyl groups excluding tert-OH is 13. The second-order valence-electron chi connectivity index (χ2n) is 22.2. The molecule has 0 aromatic heterocycles. The van der Waals surface area contributed by atoms with Gasteiger partial charge in [0.2, 0.25) is 0 Å². The van der Waals surface area contributed by atoms with Gasteiger partial charge in [0.15, 0.2) is 18.4 Å². The molecule has 8 aliphatic rings. The maximum atomic E-state index is 12.1. The van der Waals surface area contributed by atoms with Gasteiger partial charge in [0, 0.05) is 12.3 Å². The smallest absolute Gasteiger partial charge is 0.187 e. The maximum Gasteiger partial charge on any atom is 0.187 e. The Bertz CT molecular complexity index is 1630. The summed E-state index contributed by atoms with van der Waals surface area (Å²) in [5, 5.41) is 150. The molecular formula is C46H78O20. The lowest BCUT2D eigenvalue weighted by molar-refractivity contribution is -0.343. The van der Waals surface area contributed by atoms with Crippen LogP contribution in [0.4, 0.5) is 0 Å². The Hall–Kier alpha value is -0.800. The molecular weight excluding hydrogens is 872 g/mol. The van der Waals surface area contributed by atoms with Gasteiger partial charge in [-0.15, -0.1) is 0 Å². The van der Waals surface area contributed by atoms with Crippen molar-refractivity contribution in [2.24, 2.45) is 58.2 Å². The molecule has 382 valence electrons. The van der Waals surface area contributed by atoms with Crippen LogP contribution in [0.2, 0.25) is 0 Å². The second kappa shape index (κ2) is 19.7. The summed E-state index contributed by atoms with van der Waals surface area (Å²) in [7, 11) is 0. The molecule has 0 amide bonds. The molecule has 66 heavy (non-hydrogen) atoms. The zero-order chi connectivity index (χ0) is 47.9. The monoisotopic (exact) mass is 951 g/mol. The Balaban J connectivity index is 0.868. The zero-order valence-corrected chi connectivity index (χ0v) is 38.4. The molecule has 14 N–H and O–H groups in total. The molecule has 13 unspecified atom stereocenters. The molecule has 8 rings (SSSR count). The molecule has 20 heteroatoms. The summed E-state index contributed by atoms with van der Waals surface area (Å²) in [6.45, 7) is 6.73. The molecule has 8 fully saturated rings. The molecule has 4 saturated heterocycles. The van der Waals surface area contributed by atoms with Gasteiger partial charge in [0.25, 0.3) is 0 Å². The Kier molecular flexibility index (Phi) is 15.4. The van der Waals surface area contributed by atoms with E-state index in [1.807, 2.05) is 6.92 Å². The highest BCUT2D eigenvalue weighted by Crippen LogP contribution is 2.71. The van der Waals surface area contributed by atoms with E-state index in [1.165, 1.54) is 0 Å². The van der Waals surface area contributed by atoms with E-state index in [2.05, 4.69) is 20.8 Å². The SMILES string of the molecule is CC(CCC1(O)OC2CC3C4CC(O)[C@H]5CC(C[C@@H]6O[C@H](CO)[C@H](O[C@@H]7O[C@H](CO)[C@@H](O)[C@H](O)[C@H]7O)[C@H](O)[C@H]6O)C(O)CC5(C)C4CCC3(C)C2C1C)CO[C@H]1O[C@@H](CO)[C@H](O)[C@@H](O)[C@@H]1O. The van der Waals surface area contributed by atoms with Crippen LogP contribution in [0, 0.1) is 58.2 Å². The summed E-state index contributed by atoms with van der Waals surface area (Å²) in [6, 6.07) is 0. The molecule has 0 bridgehead atoms. The lowest BCUT2D eigenvalue weighted by Gasteiger charge is -2.63. The predicted octanol–water partition coefficient (Wildman–Crippen LogP) is -3.17. The number of rotatable bonds is 13. The van der Waals surface area contributed by atoms with E-state index in [0.717, 1.165) is 19.3 Å². The summed E-state index contributed by atoms with van der Waals surface area (Å²) in [4.78, 5) is 0. The number of hydrogen-bond donors (Lipinski definition) is 14. The fourth-order valence-electron chi connectivity index (χ4n) is 14.8. The van der Waals surface area contributed by atoms with Gasteiger partial charge in [-0.25, -0.2) is 0 Å². The van der Waals surface area contributed by atoms with Gasteiger partial charge < -0.3 is 99.9 Å². The van der Waals surface area contributed by atoms with Gasteiger partial charge in [0.1, 0.15) is 73.2 Å². The lowest BCUT2D eigenvalue weighted by Crippen LogP contribution is -2.65. The minimum absolute atomic E-state index is 0.0837. The second-order valence-corrected chi connectivity index (χ2v) is 22.2. The van der Waals surface area contributed by atoms with Gasteiger partial charge >= 0.3 is 0 Å². The normalized spacial score (nSPS) is 56.5. The molecule has 4 aliphatic heterocycles. The van der Waals surface area contributed by atoms with Gasteiger partial charge in [-0.1, -0.05) is 27.7 Å². The Labute approximate surface area is 385 Å². The maximum absolute atomic E-state index is 12.1. The highest BCUT2D eigenvalue weighted by Gasteiger charge is 2.69. The van der Waals surface area contributed by atoms with E-state index in [9.17, 15) is 71.5 Å². The van der Waals surface area contributed by atoms with Crippen LogP contribution in [-0.2, 0) is 28.4 Å². The van der Waals surface area contributed by atoms with Crippen LogP contribution in [0.25, 0.3) is 0 Å². The Morgan fingerprint density at radius 2 is 1.24 bits per heavy atom. The van der Waals surface area contributed by atoms with Crippen LogP contribution in [0.15, 0.2) is 0 Å². The van der Waals surface area contributed by atoms with Crippen molar-refractivity contribution in [1.82, 2.24) is 0 Å². The Morgan fingerprint density at radius 3 is 1.88 bits per heavy atom. The molecule has 4 saturated carbocycles. The van der Waals surface area contributed by atoms with E-state index in [4.69, 9.17) is 28.4 Å². The molecule has 29 atom stereocenters. The first-order chi connectivity index (χ1) is 31.1. The largest absolute Gasteiger partial charge is 0.394 e. The minimum atomic E-state index is -1.78. The number of fused-ring (bicyclic) bond motifs is 7. The number of aliphatic hydroxyl groups is 14. The first-order valence-corrected chi connectivity index (χ1v) is 24.4. The highest BCUT2D eigenvalue weighted by molar-refractivity contribution is 5.16. The molecule has 0 aromatic rings. The minimum Gasteiger partial charge on any atom is -0.394 e. The fraction of sp³-hybridized carbons (Fsp3) is 1.00. The molecule has 20 nitrogen and oxygen atoms in total. The molecule has 0 radical (unpaired) electrons. The van der Waals surface area contributed by atoms with E-state index in [1.54, 1.807) is 0 Å². The molecule has 4 heterocycles. The van der Waals surface area contributed by atoms with Crippen LogP contribution >= 0.6 is 0 Å². The lowest BCUT2D eigenvalue weighted by atomic mass is 9.43. The first kappa shape index (κ1) is 51.6. The average molecular weight is 951 g/mol. The van der Waals surface area contributed by atoms with Crippen LogP contribution < -0.4 is 0 Å². The van der Waals surface area contributed by atoms with Crippen molar-refractivity contribution in [1.29, 1.82) is 0 Å². The third kappa shape index (κ3) is 8.85. The predicted molar refractivity (Wildman–Crippen MR) is 225 cm³/mol. The molecule has 0 aromatic carbocycles. The number of ether oxygens (including phenoxy) is 6. The van der Waals surface area contributed by atoms with E-state index in [-0.39, 0.29) is 66.0 Å². The van der Waals surface area contributed by atoms with Crippen molar-refractivity contribution in [3.63, 3.8) is 0 Å². The van der Waals surface area contributed by atoms with Crippen molar-refractivity contribution < 1.29 is 99.9 Å². The van der Waals surface area contributed by atoms with Crippen molar-refractivity contribution in [2.75, 3.05) is 26.4 Å². The summed E-state index contributed by atoms with van der Waals surface area (Å²) in [5.41, 5.74) is -0.558. The zero-order valence-electron chi connectivity index (χ0n) is 38.4.